The first-order valence-electron chi connectivity index (χ1n) is 5.92. The summed E-state index contributed by atoms with van der Waals surface area (Å²) >= 11 is 0. The minimum Gasteiger partial charge on any atom is -0.376 e. The summed E-state index contributed by atoms with van der Waals surface area (Å²) in [6.07, 6.45) is 6.04. The Morgan fingerprint density at radius 2 is 2.38 bits per heavy atom. The summed E-state index contributed by atoms with van der Waals surface area (Å²) in [6, 6.07) is -0.118. The van der Waals surface area contributed by atoms with Crippen LogP contribution in [0.2, 0.25) is 0 Å². The standard InChI is InChI=1S/C11H20N4O/c1-3-7-15-9(8-13-14-15)10(12)11(16-2)5-4-6-11/h8,10H,3-7,12H2,1-2H3. The fourth-order valence-corrected chi connectivity index (χ4v) is 2.33. The Morgan fingerprint density at radius 1 is 1.62 bits per heavy atom. The van der Waals surface area contributed by atoms with E-state index < -0.39 is 0 Å². The highest BCUT2D eigenvalue weighted by atomic mass is 16.5. The molecule has 5 heteroatoms. The fraction of sp³-hybridized carbons (Fsp3) is 0.818. The molecule has 1 aliphatic carbocycles. The van der Waals surface area contributed by atoms with E-state index in [0.717, 1.165) is 31.5 Å². The summed E-state index contributed by atoms with van der Waals surface area (Å²) in [7, 11) is 1.74. The number of rotatable bonds is 5. The van der Waals surface area contributed by atoms with Gasteiger partial charge in [-0.2, -0.15) is 0 Å². The molecule has 2 rings (SSSR count). The van der Waals surface area contributed by atoms with Gasteiger partial charge in [-0.15, -0.1) is 5.10 Å². The van der Waals surface area contributed by atoms with Crippen LogP contribution in [-0.4, -0.2) is 27.7 Å². The molecular weight excluding hydrogens is 204 g/mol. The summed E-state index contributed by atoms with van der Waals surface area (Å²) in [5.74, 6) is 0. The molecule has 0 aromatic carbocycles. The zero-order valence-electron chi connectivity index (χ0n) is 10.0. The van der Waals surface area contributed by atoms with Gasteiger partial charge >= 0.3 is 0 Å². The molecule has 0 bridgehead atoms. The molecule has 0 spiro atoms. The van der Waals surface area contributed by atoms with Crippen LogP contribution < -0.4 is 5.73 Å². The fourth-order valence-electron chi connectivity index (χ4n) is 2.33. The van der Waals surface area contributed by atoms with Crippen molar-refractivity contribution in [1.82, 2.24) is 15.0 Å². The first-order chi connectivity index (χ1) is 7.73. The van der Waals surface area contributed by atoms with Crippen molar-refractivity contribution in [2.24, 2.45) is 5.73 Å². The van der Waals surface area contributed by atoms with Gasteiger partial charge in [0.05, 0.1) is 23.5 Å². The van der Waals surface area contributed by atoms with E-state index in [1.54, 1.807) is 13.3 Å². The molecule has 1 aromatic heterocycles. The first kappa shape index (κ1) is 11.5. The number of hydrogen-bond donors (Lipinski definition) is 1. The van der Waals surface area contributed by atoms with Crippen molar-refractivity contribution in [3.05, 3.63) is 11.9 Å². The monoisotopic (exact) mass is 224 g/mol. The van der Waals surface area contributed by atoms with E-state index in [4.69, 9.17) is 10.5 Å². The molecule has 1 unspecified atom stereocenters. The molecule has 1 fully saturated rings. The van der Waals surface area contributed by atoms with Gasteiger partial charge < -0.3 is 10.5 Å². The lowest BCUT2D eigenvalue weighted by atomic mass is 9.74. The Morgan fingerprint density at radius 3 is 2.88 bits per heavy atom. The van der Waals surface area contributed by atoms with E-state index in [1.165, 1.54) is 6.42 Å². The van der Waals surface area contributed by atoms with Gasteiger partial charge in [-0.3, -0.25) is 0 Å². The molecule has 16 heavy (non-hydrogen) atoms. The van der Waals surface area contributed by atoms with E-state index in [2.05, 4.69) is 17.2 Å². The molecule has 0 aliphatic heterocycles. The van der Waals surface area contributed by atoms with E-state index in [-0.39, 0.29) is 11.6 Å². The second kappa shape index (κ2) is 4.51. The van der Waals surface area contributed by atoms with Crippen LogP contribution in [0.15, 0.2) is 6.20 Å². The normalized spacial score (nSPS) is 20.4. The summed E-state index contributed by atoms with van der Waals surface area (Å²) in [5.41, 5.74) is 7.10. The molecule has 5 nitrogen and oxygen atoms in total. The van der Waals surface area contributed by atoms with E-state index >= 15 is 0 Å². The molecule has 1 aliphatic rings. The highest BCUT2D eigenvalue weighted by Crippen LogP contribution is 2.43. The Bertz CT molecular complexity index is 340. The van der Waals surface area contributed by atoms with Crippen molar-refractivity contribution in [3.63, 3.8) is 0 Å². The lowest BCUT2D eigenvalue weighted by Gasteiger charge is -2.44. The van der Waals surface area contributed by atoms with Crippen molar-refractivity contribution >= 4 is 0 Å². The molecule has 2 N–H and O–H groups in total. The maximum atomic E-state index is 6.30. The SMILES string of the molecule is CCCn1nncc1C(N)C1(OC)CCC1. The maximum Gasteiger partial charge on any atom is 0.0886 e. The van der Waals surface area contributed by atoms with Crippen molar-refractivity contribution in [1.29, 1.82) is 0 Å². The lowest BCUT2D eigenvalue weighted by Crippen LogP contribution is -2.49. The number of methoxy groups -OCH3 is 1. The number of nitrogens with two attached hydrogens (primary N) is 1. The van der Waals surface area contributed by atoms with Crippen LogP contribution in [0.25, 0.3) is 0 Å². The van der Waals surface area contributed by atoms with E-state index in [9.17, 15) is 0 Å². The van der Waals surface area contributed by atoms with Crippen molar-refractivity contribution < 1.29 is 4.74 Å². The number of nitrogens with zero attached hydrogens (tertiary/aromatic N) is 3. The van der Waals surface area contributed by atoms with Crippen LogP contribution in [0, 0.1) is 0 Å². The van der Waals surface area contributed by atoms with Crippen LogP contribution in [0.4, 0.5) is 0 Å². The van der Waals surface area contributed by atoms with Gasteiger partial charge in [-0.1, -0.05) is 12.1 Å². The second-order valence-electron chi connectivity index (χ2n) is 4.48. The van der Waals surface area contributed by atoms with E-state index in [0.29, 0.717) is 0 Å². The Kier molecular flexibility index (Phi) is 3.25. The van der Waals surface area contributed by atoms with Crippen molar-refractivity contribution in [2.75, 3.05) is 7.11 Å². The average Bonchev–Trinajstić information content (AvgIpc) is 2.65. The molecule has 0 radical (unpaired) electrons. The van der Waals surface area contributed by atoms with Crippen LogP contribution in [0.3, 0.4) is 0 Å². The topological polar surface area (TPSA) is 66.0 Å². The van der Waals surface area contributed by atoms with Gasteiger partial charge in [-0.05, 0) is 25.7 Å². The number of hydrogen-bond acceptors (Lipinski definition) is 4. The molecule has 1 aromatic rings. The minimum absolute atomic E-state index is 0.118. The average molecular weight is 224 g/mol. The summed E-state index contributed by atoms with van der Waals surface area (Å²) in [6.45, 7) is 2.98. The third kappa shape index (κ3) is 1.74. The van der Waals surface area contributed by atoms with Gasteiger partial charge in [0, 0.05) is 13.7 Å². The first-order valence-corrected chi connectivity index (χ1v) is 5.92. The highest BCUT2D eigenvalue weighted by Gasteiger charge is 2.44. The predicted octanol–water partition coefficient (Wildman–Crippen LogP) is 1.26. The smallest absolute Gasteiger partial charge is 0.0886 e. The third-order valence-electron chi connectivity index (χ3n) is 3.57. The molecule has 1 saturated carbocycles. The van der Waals surface area contributed by atoms with Gasteiger partial charge in [0.1, 0.15) is 0 Å². The number of ether oxygens (including phenoxy) is 1. The van der Waals surface area contributed by atoms with Crippen molar-refractivity contribution in [3.8, 4) is 0 Å². The predicted molar refractivity (Wildman–Crippen MR) is 60.8 cm³/mol. The molecule has 1 heterocycles. The Hall–Kier alpha value is -0.940. The van der Waals surface area contributed by atoms with Crippen LogP contribution in [-0.2, 0) is 11.3 Å². The van der Waals surface area contributed by atoms with Crippen molar-refractivity contribution in [2.45, 2.75) is 50.8 Å². The van der Waals surface area contributed by atoms with Crippen LogP contribution >= 0.6 is 0 Å². The minimum atomic E-state index is -0.187. The largest absolute Gasteiger partial charge is 0.376 e. The second-order valence-corrected chi connectivity index (χ2v) is 4.48. The zero-order valence-corrected chi connectivity index (χ0v) is 10.0. The number of aromatic nitrogens is 3. The number of aryl methyl sites for hydroxylation is 1. The molecular formula is C11H20N4O. The quantitative estimate of drug-likeness (QED) is 0.817. The molecule has 0 saturated heterocycles. The Labute approximate surface area is 96.0 Å². The zero-order chi connectivity index (χ0) is 11.6. The van der Waals surface area contributed by atoms with Gasteiger partial charge in [-0.25, -0.2) is 4.68 Å². The molecule has 90 valence electrons. The maximum absolute atomic E-state index is 6.30. The summed E-state index contributed by atoms with van der Waals surface area (Å²) in [5, 5.41) is 8.01. The third-order valence-corrected chi connectivity index (χ3v) is 3.57. The van der Waals surface area contributed by atoms with Gasteiger partial charge in [0.15, 0.2) is 0 Å². The molecule has 0 amide bonds. The van der Waals surface area contributed by atoms with Crippen LogP contribution in [0.5, 0.6) is 0 Å². The molecule has 1 atom stereocenters. The van der Waals surface area contributed by atoms with Gasteiger partial charge in [0.25, 0.3) is 0 Å². The highest BCUT2D eigenvalue weighted by molar-refractivity contribution is 5.12. The van der Waals surface area contributed by atoms with Crippen LogP contribution in [0.1, 0.15) is 44.3 Å². The van der Waals surface area contributed by atoms with E-state index in [1.807, 2.05) is 4.68 Å². The Balaban J connectivity index is 2.19. The lowest BCUT2D eigenvalue weighted by molar-refractivity contribution is -0.0927. The summed E-state index contributed by atoms with van der Waals surface area (Å²) in [4.78, 5) is 0. The van der Waals surface area contributed by atoms with Gasteiger partial charge in [0.2, 0.25) is 0 Å². The summed E-state index contributed by atoms with van der Waals surface area (Å²) < 4.78 is 7.49.